The number of aromatic nitrogens is 2. The summed E-state index contributed by atoms with van der Waals surface area (Å²) in [7, 11) is 0. The van der Waals surface area contributed by atoms with Crippen LogP contribution in [0.15, 0.2) is 46.7 Å². The average Bonchev–Trinajstić information content (AvgIpc) is 3.54. The van der Waals surface area contributed by atoms with Gasteiger partial charge in [-0.3, -0.25) is 14.5 Å². The molecule has 1 aromatic carbocycles. The first-order valence-electron chi connectivity index (χ1n) is 11.8. The molecule has 1 saturated carbocycles. The lowest BCUT2D eigenvalue weighted by Gasteiger charge is -2.39. The number of carbonyl (C=O) groups is 2. The highest BCUT2D eigenvalue weighted by Crippen LogP contribution is 2.34. The molecule has 1 fully saturated rings. The summed E-state index contributed by atoms with van der Waals surface area (Å²) in [6.07, 6.45) is 13.5. The van der Waals surface area contributed by atoms with Gasteiger partial charge in [0.05, 0.1) is 6.20 Å². The van der Waals surface area contributed by atoms with Crippen molar-refractivity contribution in [2.75, 3.05) is 4.90 Å². The summed E-state index contributed by atoms with van der Waals surface area (Å²) in [4.78, 5) is 37.6. The van der Waals surface area contributed by atoms with E-state index in [-0.39, 0.29) is 23.4 Å². The number of benzene rings is 1. The molecule has 0 aliphatic heterocycles. The average molecular weight is 491 g/mol. The number of amides is 2. The number of thiazole rings is 1. The third-order valence-electron chi connectivity index (χ3n) is 6.07. The molecule has 8 heteroatoms. The zero-order chi connectivity index (χ0) is 25.0. The first kappa shape index (κ1) is 24.7. The van der Waals surface area contributed by atoms with E-state index >= 15 is 0 Å². The van der Waals surface area contributed by atoms with Gasteiger partial charge in [0.15, 0.2) is 17.2 Å². The number of nitrogens with one attached hydrogen (secondary N) is 1. The van der Waals surface area contributed by atoms with Crippen LogP contribution in [0, 0.1) is 18.3 Å². The number of nitrogens with zero attached hydrogens (tertiary/aromatic N) is 3. The van der Waals surface area contributed by atoms with Crippen molar-refractivity contribution in [2.45, 2.75) is 64.5 Å². The first-order chi connectivity index (χ1) is 16.8. The molecule has 2 amide bonds. The molecule has 3 aromatic rings. The van der Waals surface area contributed by atoms with Crippen LogP contribution in [0.25, 0.3) is 11.3 Å². The normalized spacial score (nSPS) is 15.3. The Kier molecular flexibility index (Phi) is 7.37. The smallest absolute Gasteiger partial charge is 0.278 e. The second kappa shape index (κ2) is 10.4. The Labute approximate surface area is 210 Å². The van der Waals surface area contributed by atoms with E-state index in [9.17, 15) is 9.59 Å². The molecule has 182 valence electrons. The Bertz CT molecular complexity index is 1200. The lowest BCUT2D eigenvalue weighted by molar-refractivity contribution is -0.125. The first-order valence-corrected chi connectivity index (χ1v) is 12.7. The van der Waals surface area contributed by atoms with Crippen LogP contribution in [0.5, 0.6) is 0 Å². The van der Waals surface area contributed by atoms with Crippen molar-refractivity contribution < 1.29 is 14.0 Å². The zero-order valence-electron chi connectivity index (χ0n) is 20.3. The minimum atomic E-state index is -0.672. The van der Waals surface area contributed by atoms with Gasteiger partial charge in [0.2, 0.25) is 5.91 Å². The van der Waals surface area contributed by atoms with E-state index in [1.807, 2.05) is 45.0 Å². The Hall–Kier alpha value is -3.44. The zero-order valence-corrected chi connectivity index (χ0v) is 21.1. The minimum Gasteiger partial charge on any atom is -0.444 e. The third kappa shape index (κ3) is 5.80. The predicted molar refractivity (Wildman–Crippen MR) is 137 cm³/mol. The van der Waals surface area contributed by atoms with Gasteiger partial charge in [-0.2, -0.15) is 0 Å². The van der Waals surface area contributed by atoms with Gasteiger partial charge in [-0.15, -0.1) is 17.8 Å². The summed E-state index contributed by atoms with van der Waals surface area (Å²) in [5, 5.41) is 5.21. The quantitative estimate of drug-likeness (QED) is 0.474. The van der Waals surface area contributed by atoms with Crippen molar-refractivity contribution in [2.24, 2.45) is 5.92 Å². The van der Waals surface area contributed by atoms with Gasteiger partial charge < -0.3 is 9.73 Å². The van der Waals surface area contributed by atoms with Gasteiger partial charge >= 0.3 is 0 Å². The number of anilines is 1. The SMILES string of the molecule is C#Cc1nc(C(=O)N(c2ccc(-c3cnco3)cc2)C(C(=O)NC(C)(C)C)C2CCCCC2)cs1. The van der Waals surface area contributed by atoms with Crippen LogP contribution in [-0.2, 0) is 4.79 Å². The molecule has 7 nitrogen and oxygen atoms in total. The van der Waals surface area contributed by atoms with Crippen molar-refractivity contribution in [3.63, 3.8) is 0 Å². The maximum absolute atomic E-state index is 13.9. The molecule has 0 spiro atoms. The van der Waals surface area contributed by atoms with E-state index in [2.05, 4.69) is 21.2 Å². The van der Waals surface area contributed by atoms with Gasteiger partial charge in [-0.25, -0.2) is 9.97 Å². The molecule has 1 N–H and O–H groups in total. The number of carbonyl (C=O) groups excluding carboxylic acids is 2. The summed E-state index contributed by atoms with van der Waals surface area (Å²) >= 11 is 1.24. The molecule has 0 radical (unpaired) electrons. The molecule has 1 aliphatic rings. The van der Waals surface area contributed by atoms with Crippen molar-refractivity contribution >= 4 is 28.8 Å². The Morgan fingerprint density at radius 1 is 1.20 bits per heavy atom. The van der Waals surface area contributed by atoms with Crippen molar-refractivity contribution in [3.05, 3.63) is 52.9 Å². The number of hydrogen-bond acceptors (Lipinski definition) is 6. The fourth-order valence-electron chi connectivity index (χ4n) is 4.55. The van der Waals surface area contributed by atoms with Gasteiger partial charge in [0.1, 0.15) is 11.7 Å². The maximum Gasteiger partial charge on any atom is 0.278 e. The van der Waals surface area contributed by atoms with Crippen LogP contribution in [0.3, 0.4) is 0 Å². The van der Waals surface area contributed by atoms with Gasteiger partial charge in [-0.1, -0.05) is 19.3 Å². The topological polar surface area (TPSA) is 88.3 Å². The van der Waals surface area contributed by atoms with Crippen molar-refractivity contribution in [1.82, 2.24) is 15.3 Å². The van der Waals surface area contributed by atoms with E-state index in [0.29, 0.717) is 16.5 Å². The summed E-state index contributed by atoms with van der Waals surface area (Å²) < 4.78 is 5.40. The number of oxazole rings is 1. The molecule has 1 aliphatic carbocycles. The lowest BCUT2D eigenvalue weighted by atomic mass is 9.82. The Morgan fingerprint density at radius 3 is 2.49 bits per heavy atom. The standard InChI is InChI=1S/C27H30N4O3S/c1-5-23-29-21(16-35-23)26(33)31(20-13-11-18(12-14-20)22-15-28-17-34-22)24(19-9-7-6-8-10-19)25(32)30-27(2,3)4/h1,11-17,19,24H,6-10H2,2-4H3,(H,30,32). The van der Waals surface area contributed by atoms with Crippen LogP contribution in [0.1, 0.15) is 68.4 Å². The summed E-state index contributed by atoms with van der Waals surface area (Å²) in [5.41, 5.74) is 1.25. The summed E-state index contributed by atoms with van der Waals surface area (Å²) in [6, 6.07) is 6.73. The molecule has 0 saturated heterocycles. The van der Waals surface area contributed by atoms with Crippen LogP contribution in [0.2, 0.25) is 0 Å². The molecule has 0 bridgehead atoms. The van der Waals surface area contributed by atoms with E-state index in [0.717, 1.165) is 37.7 Å². The number of terminal acetylenes is 1. The predicted octanol–water partition coefficient (Wildman–Crippen LogP) is 5.29. The molecular weight excluding hydrogens is 460 g/mol. The molecule has 1 atom stereocenters. The van der Waals surface area contributed by atoms with Crippen molar-refractivity contribution in [1.29, 1.82) is 0 Å². The van der Waals surface area contributed by atoms with E-state index in [4.69, 9.17) is 10.8 Å². The highest BCUT2D eigenvalue weighted by molar-refractivity contribution is 7.10. The fourth-order valence-corrected chi connectivity index (χ4v) is 5.14. The van der Waals surface area contributed by atoms with Gasteiger partial charge in [0.25, 0.3) is 5.91 Å². The van der Waals surface area contributed by atoms with E-state index in [1.165, 1.54) is 17.7 Å². The second-order valence-corrected chi connectivity index (χ2v) is 10.7. The number of rotatable bonds is 6. The number of hydrogen-bond donors (Lipinski definition) is 1. The molecular formula is C27H30N4O3S. The Balaban J connectivity index is 1.79. The summed E-state index contributed by atoms with van der Waals surface area (Å²) in [5.74, 6) is 2.65. The highest BCUT2D eigenvalue weighted by Gasteiger charge is 2.40. The largest absolute Gasteiger partial charge is 0.444 e. The molecule has 2 heterocycles. The van der Waals surface area contributed by atoms with Gasteiger partial charge in [-0.05, 0) is 69.7 Å². The van der Waals surface area contributed by atoms with Crippen molar-refractivity contribution in [3.8, 4) is 23.7 Å². The maximum atomic E-state index is 13.9. The Morgan fingerprint density at radius 2 is 1.91 bits per heavy atom. The van der Waals surface area contributed by atoms with E-state index < -0.39 is 11.6 Å². The lowest BCUT2D eigenvalue weighted by Crippen LogP contribution is -2.57. The molecule has 4 rings (SSSR count). The van der Waals surface area contributed by atoms with Crippen LogP contribution in [-0.4, -0.2) is 33.4 Å². The minimum absolute atomic E-state index is 0.0368. The summed E-state index contributed by atoms with van der Waals surface area (Å²) in [6.45, 7) is 5.84. The van der Waals surface area contributed by atoms with Crippen LogP contribution < -0.4 is 10.2 Å². The molecule has 1 unspecified atom stereocenters. The molecule has 2 aromatic heterocycles. The van der Waals surface area contributed by atoms with Gasteiger partial charge in [0, 0.05) is 22.2 Å². The monoisotopic (exact) mass is 490 g/mol. The van der Waals surface area contributed by atoms with Crippen LogP contribution in [0.4, 0.5) is 5.69 Å². The van der Waals surface area contributed by atoms with E-state index in [1.54, 1.807) is 16.5 Å². The third-order valence-corrected chi connectivity index (χ3v) is 6.84. The molecule has 35 heavy (non-hydrogen) atoms. The van der Waals surface area contributed by atoms with Crippen LogP contribution >= 0.6 is 11.3 Å². The highest BCUT2D eigenvalue weighted by atomic mass is 32.1. The fraction of sp³-hybridized carbons (Fsp3) is 0.407. The second-order valence-electron chi connectivity index (χ2n) is 9.85.